The van der Waals surface area contributed by atoms with Crippen molar-refractivity contribution < 1.29 is 43.9 Å². The molecule has 9 nitrogen and oxygen atoms in total. The molecule has 0 spiro atoms. The molecule has 3 aromatic heterocycles. The Hall–Kier alpha value is -4.22. The van der Waals surface area contributed by atoms with Gasteiger partial charge in [-0.2, -0.15) is 32.1 Å². The van der Waals surface area contributed by atoms with E-state index in [1.54, 1.807) is 6.07 Å². The Labute approximate surface area is 306 Å². The van der Waals surface area contributed by atoms with Gasteiger partial charge in [-0.15, -0.1) is 0 Å². The van der Waals surface area contributed by atoms with Gasteiger partial charge in [0.1, 0.15) is 23.9 Å². The zero-order valence-electron chi connectivity index (χ0n) is 27.6. The molecule has 0 unspecified atom stereocenters. The van der Waals surface area contributed by atoms with E-state index in [2.05, 4.69) is 15.2 Å². The number of sulfone groups is 1. The predicted octanol–water partition coefficient (Wildman–Crippen LogP) is 7.76. The van der Waals surface area contributed by atoms with Crippen LogP contribution in [0.5, 0.6) is 0 Å². The quantitative estimate of drug-likeness (QED) is 0.113. The number of hydrogen-bond donors (Lipinski definition) is 1. The van der Waals surface area contributed by atoms with Crippen LogP contribution in [0.3, 0.4) is 0 Å². The molecule has 1 saturated carbocycles. The monoisotopic (exact) mass is 802 g/mol. The normalized spacial score (nSPS) is 18.3. The fourth-order valence-electron chi connectivity index (χ4n) is 7.45. The summed E-state index contributed by atoms with van der Waals surface area (Å²) in [6, 6.07) is 7.12. The van der Waals surface area contributed by atoms with Gasteiger partial charge in [0, 0.05) is 59.7 Å². The molecule has 0 aliphatic heterocycles. The minimum atomic E-state index is -5.05. The third-order valence-electron chi connectivity index (χ3n) is 9.52. The lowest BCUT2D eigenvalue weighted by Crippen LogP contribution is -2.24. The van der Waals surface area contributed by atoms with Gasteiger partial charge >= 0.3 is 6.18 Å². The Kier molecular flexibility index (Phi) is 8.88. The zero-order valence-corrected chi connectivity index (χ0v) is 29.9. The van der Waals surface area contributed by atoms with Crippen molar-refractivity contribution in [1.29, 1.82) is 0 Å². The van der Waals surface area contributed by atoms with Crippen LogP contribution in [0.4, 0.5) is 36.4 Å². The third-order valence-corrected chi connectivity index (χ3v) is 10.9. The van der Waals surface area contributed by atoms with Gasteiger partial charge in [-0.05, 0) is 48.6 Å². The molecular weight excluding hydrogens is 776 g/mol. The van der Waals surface area contributed by atoms with Crippen LogP contribution < -0.4 is 5.73 Å². The first-order valence-corrected chi connectivity index (χ1v) is 18.8. The van der Waals surface area contributed by atoms with Crippen LogP contribution >= 0.6 is 23.2 Å². The summed E-state index contributed by atoms with van der Waals surface area (Å²) in [6.07, 6.45) is -5.03. The molecule has 0 bridgehead atoms. The van der Waals surface area contributed by atoms with Gasteiger partial charge < -0.3 is 5.73 Å². The minimum Gasteiger partial charge on any atom is -0.396 e. The van der Waals surface area contributed by atoms with Crippen molar-refractivity contribution in [1.82, 2.24) is 24.5 Å². The maximum atomic E-state index is 15.3. The maximum absolute atomic E-state index is 15.3. The van der Waals surface area contributed by atoms with E-state index in [9.17, 15) is 35.2 Å². The number of hydrogen-bond acceptors (Lipinski definition) is 7. The second kappa shape index (κ2) is 12.7. The number of carbonyl (C=O) groups excluding carboxylic acids is 1. The van der Waals surface area contributed by atoms with Gasteiger partial charge in [-0.1, -0.05) is 29.3 Å². The Bertz CT molecular complexity index is 2450. The van der Waals surface area contributed by atoms with Crippen molar-refractivity contribution in [2.24, 2.45) is 13.0 Å². The van der Waals surface area contributed by atoms with Crippen LogP contribution in [0.25, 0.3) is 22.0 Å². The van der Waals surface area contributed by atoms with Crippen molar-refractivity contribution in [2.45, 2.75) is 55.5 Å². The summed E-state index contributed by atoms with van der Waals surface area (Å²) in [5.41, 5.74) is 4.26. The number of pyridine rings is 1. The van der Waals surface area contributed by atoms with Gasteiger partial charge in [0.25, 0.3) is 5.92 Å². The first kappa shape index (κ1) is 37.1. The fourth-order valence-corrected chi connectivity index (χ4v) is 8.56. The average Bonchev–Trinajstić information content (AvgIpc) is 3.56. The van der Waals surface area contributed by atoms with Crippen molar-refractivity contribution in [3.8, 4) is 11.1 Å². The van der Waals surface area contributed by atoms with Crippen LogP contribution in [-0.4, -0.2) is 45.0 Å². The van der Waals surface area contributed by atoms with E-state index in [1.165, 1.54) is 23.9 Å². The second-order valence-electron chi connectivity index (χ2n) is 13.5. The molecule has 53 heavy (non-hydrogen) atoms. The highest BCUT2D eigenvalue weighted by Crippen LogP contribution is 2.68. The number of anilines is 1. The molecule has 2 aliphatic rings. The summed E-state index contributed by atoms with van der Waals surface area (Å²) in [5, 5.41) is 8.04. The van der Waals surface area contributed by atoms with E-state index >= 15 is 8.78 Å². The van der Waals surface area contributed by atoms with Crippen molar-refractivity contribution >= 4 is 55.4 Å². The number of nitrogen functional groups attached to an aromatic ring is 1. The molecule has 7 rings (SSSR count). The van der Waals surface area contributed by atoms with E-state index in [1.807, 2.05) is 0 Å². The van der Waals surface area contributed by atoms with Gasteiger partial charge in [0.2, 0.25) is 0 Å². The number of nitrogens with zero attached hydrogens (tertiary/aromatic N) is 5. The maximum Gasteiger partial charge on any atom is 0.435 e. The number of alkyl halides is 5. The lowest BCUT2D eigenvalue weighted by molar-refractivity contribution is -0.142. The van der Waals surface area contributed by atoms with E-state index in [0.29, 0.717) is 21.8 Å². The van der Waals surface area contributed by atoms with Gasteiger partial charge in [-0.25, -0.2) is 22.2 Å². The van der Waals surface area contributed by atoms with Crippen LogP contribution in [0.15, 0.2) is 36.4 Å². The lowest BCUT2D eigenvalue weighted by Gasteiger charge is -2.22. The molecule has 2 aliphatic carbocycles. The molecule has 5 aromatic rings. The molecule has 0 saturated heterocycles. The Balaban J connectivity index is 1.35. The SMILES string of the molecule is Cn1nc(CS(C)(=O)=O)c2c(Cl)ccc(-c3cc(N)c(Cl)nc3[C@@H](CC(=O)Cn3nc(C(F)(F)F)c4c3C(F)(F)[C@@H]3C[C@H]43)Cc3cc(F)cc(F)c3)c21. The molecule has 3 atom stereocenters. The van der Waals surface area contributed by atoms with E-state index < -0.39 is 92.8 Å². The third kappa shape index (κ3) is 6.75. The predicted molar refractivity (Wildman–Crippen MR) is 181 cm³/mol. The molecule has 280 valence electrons. The van der Waals surface area contributed by atoms with Crippen molar-refractivity contribution in [3.63, 3.8) is 0 Å². The molecule has 2 N–H and O–H groups in total. The van der Waals surface area contributed by atoms with E-state index in [0.717, 1.165) is 18.4 Å². The Morgan fingerprint density at radius 3 is 2.40 bits per heavy atom. The highest BCUT2D eigenvalue weighted by Gasteiger charge is 2.68. The minimum absolute atomic E-state index is 0.0264. The summed E-state index contributed by atoms with van der Waals surface area (Å²) >= 11 is 12.9. The molecule has 19 heteroatoms. The van der Waals surface area contributed by atoms with Crippen LogP contribution in [-0.2, 0) is 52.5 Å². The highest BCUT2D eigenvalue weighted by molar-refractivity contribution is 7.89. The van der Waals surface area contributed by atoms with Gasteiger partial charge in [0.05, 0.1) is 33.4 Å². The number of halogens is 9. The summed E-state index contributed by atoms with van der Waals surface area (Å²) in [7, 11) is -2.05. The molecule has 0 radical (unpaired) electrons. The summed E-state index contributed by atoms with van der Waals surface area (Å²) < 4.78 is 128. The second-order valence-corrected chi connectivity index (χ2v) is 16.4. The number of nitrogens with two attached hydrogens (primary N) is 1. The Morgan fingerprint density at radius 1 is 1.08 bits per heavy atom. The smallest absolute Gasteiger partial charge is 0.396 e. The molecule has 3 heterocycles. The van der Waals surface area contributed by atoms with Crippen LogP contribution in [0.2, 0.25) is 10.2 Å². The number of benzene rings is 2. The van der Waals surface area contributed by atoms with Crippen molar-refractivity contribution in [3.05, 3.63) is 92.1 Å². The topological polar surface area (TPSA) is 126 Å². The average molecular weight is 804 g/mol. The lowest BCUT2D eigenvalue weighted by atomic mass is 9.86. The van der Waals surface area contributed by atoms with Gasteiger partial charge in [0.15, 0.2) is 26.5 Å². The largest absolute Gasteiger partial charge is 0.435 e. The van der Waals surface area contributed by atoms with E-state index in [-0.39, 0.29) is 56.6 Å². The molecular formula is C34H27Cl2F7N6O3S. The van der Waals surface area contributed by atoms with Crippen molar-refractivity contribution in [2.75, 3.05) is 12.0 Å². The summed E-state index contributed by atoms with van der Waals surface area (Å²) in [6.45, 7) is -0.971. The first-order valence-electron chi connectivity index (χ1n) is 15.9. The van der Waals surface area contributed by atoms with E-state index in [4.69, 9.17) is 28.9 Å². The number of carbonyl (C=O) groups is 1. The number of ketones is 1. The Morgan fingerprint density at radius 2 is 1.75 bits per heavy atom. The van der Waals surface area contributed by atoms with Gasteiger partial charge in [-0.3, -0.25) is 14.2 Å². The zero-order chi connectivity index (χ0) is 38.5. The highest BCUT2D eigenvalue weighted by atomic mass is 35.5. The standard InChI is InChI=1S/C34H27Cl2F7N6O3S/c1-48-29-19(3-4-23(35)27(29)25(46-48)13-53(2,51)52)20-11-24(44)32(36)45-28(20)15(5-14-6-16(37)9-17(38)7-14)8-18(50)12-49-31-26(30(47-49)34(41,42)43)21-10-22(21)33(31,39)40/h3-4,6-7,9,11,15,21-22H,5,8,10,12-13,44H2,1-2H3/t15-,21+,22-/m1/s1. The number of fused-ring (bicyclic) bond motifs is 4. The summed E-state index contributed by atoms with van der Waals surface area (Å²) in [5.74, 6) is -10.3. The molecule has 0 amide bonds. The van der Waals surface area contributed by atoms with Crippen LogP contribution in [0.1, 0.15) is 58.6 Å². The van der Waals surface area contributed by atoms with Crippen LogP contribution in [0, 0.1) is 17.6 Å². The fraction of sp³-hybridized carbons (Fsp3) is 0.353. The molecule has 1 fully saturated rings. The number of aromatic nitrogens is 5. The molecule has 2 aromatic carbocycles. The number of rotatable bonds is 10. The number of aryl methyl sites for hydroxylation is 1. The number of Topliss-reactive ketones (excluding diaryl/α,β-unsaturated/α-hetero) is 1. The first-order chi connectivity index (χ1) is 24.6. The summed E-state index contributed by atoms with van der Waals surface area (Å²) in [4.78, 5) is 18.3.